The van der Waals surface area contributed by atoms with Crippen LogP contribution < -0.4 is 11.1 Å². The van der Waals surface area contributed by atoms with Gasteiger partial charge in [-0.1, -0.05) is 0 Å². The number of carbonyl (C=O) groups excluding carboxylic acids is 1. The molecule has 0 saturated heterocycles. The normalized spacial score (nSPS) is 9.73. The Morgan fingerprint density at radius 2 is 2.33 bits per heavy atom. The molecule has 0 unspecified atom stereocenters. The maximum atomic E-state index is 11.1. The van der Waals surface area contributed by atoms with Crippen molar-refractivity contribution in [3.8, 4) is 0 Å². The summed E-state index contributed by atoms with van der Waals surface area (Å²) in [7, 11) is 0. The molecule has 0 amide bonds. The SMILES string of the molecule is CCOC(=O)CNc1ccc(I)cc1N. The van der Waals surface area contributed by atoms with E-state index in [-0.39, 0.29) is 12.5 Å². The van der Waals surface area contributed by atoms with Crippen LogP contribution in [0, 0.1) is 3.57 Å². The molecule has 0 fully saturated rings. The van der Waals surface area contributed by atoms with Crippen molar-refractivity contribution in [2.45, 2.75) is 6.92 Å². The molecule has 0 spiro atoms. The van der Waals surface area contributed by atoms with Gasteiger partial charge >= 0.3 is 5.97 Å². The minimum atomic E-state index is -0.282. The van der Waals surface area contributed by atoms with Crippen LogP contribution >= 0.6 is 22.6 Å². The number of halogens is 1. The molecule has 0 aliphatic heterocycles. The van der Waals surface area contributed by atoms with Crippen LogP contribution in [0.15, 0.2) is 18.2 Å². The minimum absolute atomic E-state index is 0.138. The zero-order chi connectivity index (χ0) is 11.3. The van der Waals surface area contributed by atoms with E-state index in [9.17, 15) is 4.79 Å². The highest BCUT2D eigenvalue weighted by Gasteiger charge is 2.03. The van der Waals surface area contributed by atoms with E-state index in [2.05, 4.69) is 27.9 Å². The number of ether oxygens (including phenoxy) is 1. The number of esters is 1. The first-order chi connectivity index (χ1) is 7.13. The summed E-state index contributed by atoms with van der Waals surface area (Å²) in [4.78, 5) is 11.1. The van der Waals surface area contributed by atoms with Gasteiger partial charge in [0.1, 0.15) is 6.54 Å². The molecule has 82 valence electrons. The fraction of sp³-hybridized carbons (Fsp3) is 0.300. The Morgan fingerprint density at radius 3 is 2.93 bits per heavy atom. The first-order valence-electron chi connectivity index (χ1n) is 4.58. The molecular weight excluding hydrogens is 307 g/mol. The number of hydrogen-bond acceptors (Lipinski definition) is 4. The van der Waals surface area contributed by atoms with Gasteiger partial charge in [0, 0.05) is 3.57 Å². The average Bonchev–Trinajstić information content (AvgIpc) is 2.17. The number of benzene rings is 1. The van der Waals surface area contributed by atoms with Gasteiger partial charge in [-0.25, -0.2) is 0 Å². The van der Waals surface area contributed by atoms with E-state index in [1.807, 2.05) is 18.2 Å². The van der Waals surface area contributed by atoms with Crippen molar-refractivity contribution in [3.05, 3.63) is 21.8 Å². The van der Waals surface area contributed by atoms with Crippen molar-refractivity contribution in [1.82, 2.24) is 0 Å². The van der Waals surface area contributed by atoms with E-state index < -0.39 is 0 Å². The number of nitrogens with two attached hydrogens (primary N) is 1. The third-order valence-corrected chi connectivity index (χ3v) is 2.41. The molecule has 0 heterocycles. The molecular formula is C10H13IN2O2. The quantitative estimate of drug-likeness (QED) is 0.505. The summed E-state index contributed by atoms with van der Waals surface area (Å²) in [6.45, 7) is 2.30. The lowest BCUT2D eigenvalue weighted by Crippen LogP contribution is -2.17. The van der Waals surface area contributed by atoms with Gasteiger partial charge in [0.25, 0.3) is 0 Å². The van der Waals surface area contributed by atoms with Crippen LogP contribution in [0.1, 0.15) is 6.92 Å². The molecule has 15 heavy (non-hydrogen) atoms. The maximum absolute atomic E-state index is 11.1. The van der Waals surface area contributed by atoms with Crippen LogP contribution in [-0.2, 0) is 9.53 Å². The Kier molecular flexibility index (Phi) is 4.67. The van der Waals surface area contributed by atoms with Crippen molar-refractivity contribution in [2.24, 2.45) is 0 Å². The molecule has 3 N–H and O–H groups in total. The van der Waals surface area contributed by atoms with Crippen molar-refractivity contribution in [1.29, 1.82) is 0 Å². The highest BCUT2D eigenvalue weighted by Crippen LogP contribution is 2.20. The summed E-state index contributed by atoms with van der Waals surface area (Å²) in [6, 6.07) is 5.61. The Balaban J connectivity index is 2.54. The fourth-order valence-electron chi connectivity index (χ4n) is 1.07. The molecule has 0 aromatic heterocycles. The molecule has 1 aromatic rings. The third kappa shape index (κ3) is 3.94. The van der Waals surface area contributed by atoms with Crippen LogP contribution in [0.2, 0.25) is 0 Å². The predicted molar refractivity (Wildman–Crippen MR) is 68.7 cm³/mol. The summed E-state index contributed by atoms with van der Waals surface area (Å²) >= 11 is 2.18. The number of rotatable bonds is 4. The van der Waals surface area contributed by atoms with Crippen LogP contribution in [0.3, 0.4) is 0 Å². The highest BCUT2D eigenvalue weighted by atomic mass is 127. The summed E-state index contributed by atoms with van der Waals surface area (Å²) in [5.74, 6) is -0.282. The number of carbonyl (C=O) groups is 1. The Morgan fingerprint density at radius 1 is 1.60 bits per heavy atom. The standard InChI is InChI=1S/C10H13IN2O2/c1-2-15-10(14)6-13-9-4-3-7(11)5-8(9)12/h3-5,13H,2,6,12H2,1H3. The van der Waals surface area contributed by atoms with Crippen molar-refractivity contribution in [3.63, 3.8) is 0 Å². The minimum Gasteiger partial charge on any atom is -0.465 e. The first kappa shape index (κ1) is 12.1. The number of nitrogen functional groups attached to an aromatic ring is 1. The van der Waals surface area contributed by atoms with E-state index in [1.54, 1.807) is 6.92 Å². The monoisotopic (exact) mass is 320 g/mol. The summed E-state index contributed by atoms with van der Waals surface area (Å²) in [5, 5.41) is 2.92. The summed E-state index contributed by atoms with van der Waals surface area (Å²) < 4.78 is 5.85. The van der Waals surface area contributed by atoms with Crippen molar-refractivity contribution in [2.75, 3.05) is 24.2 Å². The van der Waals surface area contributed by atoms with Crippen molar-refractivity contribution >= 4 is 39.9 Å². The van der Waals surface area contributed by atoms with Gasteiger partial charge in [0.15, 0.2) is 0 Å². The number of anilines is 2. The second-order valence-electron chi connectivity index (χ2n) is 2.89. The zero-order valence-corrected chi connectivity index (χ0v) is 10.6. The molecule has 0 aliphatic rings. The smallest absolute Gasteiger partial charge is 0.325 e. The molecule has 0 aliphatic carbocycles. The van der Waals surface area contributed by atoms with E-state index >= 15 is 0 Å². The zero-order valence-electron chi connectivity index (χ0n) is 8.42. The summed E-state index contributed by atoms with van der Waals surface area (Å²) in [5.41, 5.74) is 7.15. The number of hydrogen-bond donors (Lipinski definition) is 2. The maximum Gasteiger partial charge on any atom is 0.325 e. The lowest BCUT2D eigenvalue weighted by atomic mass is 10.3. The lowest BCUT2D eigenvalue weighted by molar-refractivity contribution is -0.140. The van der Waals surface area contributed by atoms with Gasteiger partial charge in [-0.2, -0.15) is 0 Å². The Labute approximate surface area is 102 Å². The molecule has 5 heteroatoms. The van der Waals surface area contributed by atoms with Crippen LogP contribution in [0.25, 0.3) is 0 Å². The van der Waals surface area contributed by atoms with Crippen LogP contribution in [0.4, 0.5) is 11.4 Å². The van der Waals surface area contributed by atoms with E-state index in [0.717, 1.165) is 9.26 Å². The summed E-state index contributed by atoms with van der Waals surface area (Å²) in [6.07, 6.45) is 0. The predicted octanol–water partition coefficient (Wildman–Crippen LogP) is 1.85. The van der Waals surface area contributed by atoms with E-state index in [4.69, 9.17) is 10.5 Å². The average molecular weight is 320 g/mol. The second kappa shape index (κ2) is 5.79. The fourth-order valence-corrected chi connectivity index (χ4v) is 1.59. The molecule has 0 radical (unpaired) electrons. The van der Waals surface area contributed by atoms with E-state index in [1.165, 1.54) is 0 Å². The second-order valence-corrected chi connectivity index (χ2v) is 4.14. The molecule has 0 bridgehead atoms. The molecule has 0 atom stereocenters. The Hall–Kier alpha value is -0.980. The third-order valence-electron chi connectivity index (χ3n) is 1.74. The van der Waals surface area contributed by atoms with E-state index in [0.29, 0.717) is 12.3 Å². The van der Waals surface area contributed by atoms with Gasteiger partial charge in [-0.3, -0.25) is 4.79 Å². The van der Waals surface area contributed by atoms with Gasteiger partial charge in [-0.15, -0.1) is 0 Å². The highest BCUT2D eigenvalue weighted by molar-refractivity contribution is 14.1. The molecule has 0 saturated carbocycles. The van der Waals surface area contributed by atoms with Gasteiger partial charge in [0.2, 0.25) is 0 Å². The lowest BCUT2D eigenvalue weighted by Gasteiger charge is -2.08. The van der Waals surface area contributed by atoms with Gasteiger partial charge < -0.3 is 15.8 Å². The largest absolute Gasteiger partial charge is 0.465 e. The van der Waals surface area contributed by atoms with Crippen molar-refractivity contribution < 1.29 is 9.53 Å². The Bertz CT molecular complexity index is 355. The van der Waals surface area contributed by atoms with Crippen LogP contribution in [-0.4, -0.2) is 19.1 Å². The first-order valence-corrected chi connectivity index (χ1v) is 5.66. The van der Waals surface area contributed by atoms with Gasteiger partial charge in [0.05, 0.1) is 18.0 Å². The molecule has 4 nitrogen and oxygen atoms in total. The topological polar surface area (TPSA) is 64.3 Å². The molecule has 1 rings (SSSR count). The number of nitrogens with one attached hydrogen (secondary N) is 1. The molecule has 1 aromatic carbocycles. The van der Waals surface area contributed by atoms with Gasteiger partial charge in [-0.05, 0) is 47.7 Å². The van der Waals surface area contributed by atoms with Crippen LogP contribution in [0.5, 0.6) is 0 Å².